The molecule has 0 bridgehead atoms. The molecule has 0 aromatic heterocycles. The van der Waals surface area contributed by atoms with Crippen molar-refractivity contribution in [2.75, 3.05) is 32.8 Å². The Morgan fingerprint density at radius 1 is 0.857 bits per heavy atom. The number of rotatable bonds is 11. The van der Waals surface area contributed by atoms with Gasteiger partial charge in [-0.25, -0.2) is 4.79 Å². The lowest BCUT2D eigenvalue weighted by Crippen LogP contribution is -2.55. The molecule has 10 heteroatoms. The zero-order valence-electron chi connectivity index (χ0n) is 28.8. The smallest absolute Gasteiger partial charge is 0.326 e. The average molecular weight is 706 g/mol. The summed E-state index contributed by atoms with van der Waals surface area (Å²) in [4.78, 5) is 49.2. The number of urea groups is 1. The van der Waals surface area contributed by atoms with Crippen LogP contribution in [0.1, 0.15) is 94.1 Å². The number of hydrogen-bond acceptors (Lipinski definition) is 5. The van der Waals surface area contributed by atoms with Crippen molar-refractivity contribution in [3.8, 4) is 5.75 Å². The third-order valence-corrected chi connectivity index (χ3v) is 9.70. The first-order valence-corrected chi connectivity index (χ1v) is 17.9. The third kappa shape index (κ3) is 8.65. The summed E-state index contributed by atoms with van der Waals surface area (Å²) in [6, 6.07) is 20.2. The zero-order valence-corrected chi connectivity index (χ0v) is 30.3. The van der Waals surface area contributed by atoms with Gasteiger partial charge in [0.25, 0.3) is 0 Å². The Bertz CT molecular complexity index is 1640. The van der Waals surface area contributed by atoms with Crippen LogP contribution in [0.2, 0.25) is 10.0 Å². The Hall–Kier alpha value is -3.88. The first kappa shape index (κ1) is 36.4. The summed E-state index contributed by atoms with van der Waals surface area (Å²) >= 11 is 12.6. The summed E-state index contributed by atoms with van der Waals surface area (Å²) in [7, 11) is 0. The van der Waals surface area contributed by atoms with Crippen LogP contribution in [0.3, 0.4) is 0 Å². The normalized spacial score (nSPS) is 18.0. The van der Waals surface area contributed by atoms with Gasteiger partial charge in [-0.2, -0.15) is 0 Å². The van der Waals surface area contributed by atoms with E-state index >= 15 is 0 Å². The molecule has 0 N–H and O–H groups in total. The van der Waals surface area contributed by atoms with Crippen LogP contribution in [-0.2, 0) is 15.0 Å². The minimum atomic E-state index is -0.483. The molecule has 1 fully saturated rings. The Kier molecular flexibility index (Phi) is 12.0. The second kappa shape index (κ2) is 16.2. The molecule has 2 aliphatic rings. The number of carbonyl (C=O) groups is 3. The molecule has 49 heavy (non-hydrogen) atoms. The highest BCUT2D eigenvalue weighted by Crippen LogP contribution is 2.46. The summed E-state index contributed by atoms with van der Waals surface area (Å²) in [5.74, 6) is 1.29. The molecule has 0 aliphatic carbocycles. The van der Waals surface area contributed by atoms with E-state index in [1.165, 1.54) is 0 Å². The first-order valence-electron chi connectivity index (χ1n) is 17.2. The van der Waals surface area contributed by atoms with E-state index in [9.17, 15) is 14.4 Å². The number of halogens is 2. The van der Waals surface area contributed by atoms with Crippen molar-refractivity contribution in [2.24, 2.45) is 4.99 Å². The quantitative estimate of drug-likeness (QED) is 0.148. The number of unbranched alkanes of at least 4 members (excludes halogenated alkanes) is 3. The number of amides is 3. The van der Waals surface area contributed by atoms with Gasteiger partial charge in [-0.3, -0.25) is 14.7 Å². The van der Waals surface area contributed by atoms with Crippen molar-refractivity contribution < 1.29 is 19.1 Å². The number of aldehydes is 1. The van der Waals surface area contributed by atoms with Crippen LogP contribution in [0.5, 0.6) is 5.75 Å². The Morgan fingerprint density at radius 3 is 2.06 bits per heavy atom. The van der Waals surface area contributed by atoms with Crippen LogP contribution < -0.4 is 4.74 Å². The van der Waals surface area contributed by atoms with Gasteiger partial charge in [0, 0.05) is 49.1 Å². The third-order valence-electron chi connectivity index (χ3n) is 9.20. The largest absolute Gasteiger partial charge is 0.493 e. The fraction of sp³-hybridized carbons (Fsp3) is 0.436. The topological polar surface area (TPSA) is 82.5 Å². The van der Waals surface area contributed by atoms with E-state index in [1.54, 1.807) is 0 Å². The van der Waals surface area contributed by atoms with Crippen molar-refractivity contribution >= 4 is 47.3 Å². The molecule has 3 aromatic carbocycles. The number of piperazine rings is 1. The monoisotopic (exact) mass is 704 g/mol. The number of nitrogens with zero attached hydrogens (tertiary/aromatic N) is 4. The van der Waals surface area contributed by atoms with Crippen LogP contribution in [0.15, 0.2) is 71.7 Å². The lowest BCUT2D eigenvalue weighted by atomic mass is 9.86. The molecule has 0 radical (unpaired) electrons. The molecule has 5 rings (SSSR count). The Morgan fingerprint density at radius 2 is 1.47 bits per heavy atom. The van der Waals surface area contributed by atoms with Crippen LogP contribution in [-0.4, -0.2) is 71.5 Å². The fourth-order valence-electron chi connectivity index (χ4n) is 6.44. The van der Waals surface area contributed by atoms with E-state index in [0.717, 1.165) is 47.8 Å². The van der Waals surface area contributed by atoms with Crippen molar-refractivity contribution in [1.29, 1.82) is 0 Å². The molecule has 8 nitrogen and oxygen atoms in total. The van der Waals surface area contributed by atoms with Gasteiger partial charge in [-0.1, -0.05) is 80.7 Å². The zero-order chi connectivity index (χ0) is 35.1. The van der Waals surface area contributed by atoms with Gasteiger partial charge in [0.05, 0.1) is 18.2 Å². The summed E-state index contributed by atoms with van der Waals surface area (Å²) in [6.07, 6.45) is 4.30. The van der Waals surface area contributed by atoms with Crippen molar-refractivity contribution in [2.45, 2.75) is 77.3 Å². The lowest BCUT2D eigenvalue weighted by molar-refractivity contribution is -0.132. The molecule has 2 aliphatic heterocycles. The van der Waals surface area contributed by atoms with E-state index < -0.39 is 12.1 Å². The lowest BCUT2D eigenvalue weighted by Gasteiger charge is -2.39. The van der Waals surface area contributed by atoms with E-state index in [0.29, 0.717) is 67.3 Å². The summed E-state index contributed by atoms with van der Waals surface area (Å²) in [5.41, 5.74) is 3.56. The first-order chi connectivity index (χ1) is 23.5. The Balaban J connectivity index is 1.52. The minimum absolute atomic E-state index is 0.0868. The van der Waals surface area contributed by atoms with E-state index in [-0.39, 0.29) is 17.4 Å². The van der Waals surface area contributed by atoms with Gasteiger partial charge in [0.2, 0.25) is 5.91 Å². The number of aliphatic imine (C=N–C) groups is 1. The number of amidine groups is 1. The molecule has 0 saturated carbocycles. The maximum absolute atomic E-state index is 14.9. The minimum Gasteiger partial charge on any atom is -0.493 e. The maximum atomic E-state index is 14.9. The molecular formula is C39H46Cl2N4O4. The molecule has 2 atom stereocenters. The predicted octanol–water partition coefficient (Wildman–Crippen LogP) is 8.65. The highest BCUT2D eigenvalue weighted by atomic mass is 35.5. The van der Waals surface area contributed by atoms with Gasteiger partial charge in [-0.15, -0.1) is 0 Å². The molecule has 2 heterocycles. The van der Waals surface area contributed by atoms with Gasteiger partial charge >= 0.3 is 6.03 Å². The second-order valence-corrected chi connectivity index (χ2v) is 14.5. The predicted molar refractivity (Wildman–Crippen MR) is 196 cm³/mol. The Labute approximate surface area is 300 Å². The number of ether oxygens (including phenoxy) is 1. The SMILES string of the molecule is CCOc1cc(C(C)(C)C)ccc1C1=NC(c2ccc(Cl)cc2)C(c2ccc(Cl)cc2)N1C(=O)N1CCN(C(=O)CCCCCC=O)CC1. The molecular weight excluding hydrogens is 659 g/mol. The average Bonchev–Trinajstić information content (AvgIpc) is 3.48. The number of benzene rings is 3. The molecule has 0 spiro atoms. The van der Waals surface area contributed by atoms with Crippen LogP contribution >= 0.6 is 23.2 Å². The summed E-state index contributed by atoms with van der Waals surface area (Å²) in [6.45, 7) is 10.6. The van der Waals surface area contributed by atoms with Crippen molar-refractivity contribution in [3.05, 3.63) is 99.0 Å². The van der Waals surface area contributed by atoms with Gasteiger partial charge in [0.1, 0.15) is 23.9 Å². The molecule has 3 aromatic rings. The summed E-state index contributed by atoms with van der Waals surface area (Å²) < 4.78 is 6.24. The maximum Gasteiger partial charge on any atom is 0.326 e. The van der Waals surface area contributed by atoms with Gasteiger partial charge in [0.15, 0.2) is 0 Å². The van der Waals surface area contributed by atoms with Crippen molar-refractivity contribution in [3.63, 3.8) is 0 Å². The molecule has 2 unspecified atom stereocenters. The van der Waals surface area contributed by atoms with Gasteiger partial charge in [-0.05, 0) is 78.3 Å². The molecule has 1 saturated heterocycles. The van der Waals surface area contributed by atoms with E-state index in [4.69, 9.17) is 32.9 Å². The second-order valence-electron chi connectivity index (χ2n) is 13.6. The standard InChI is InChI=1S/C39H46Cl2N4O4/c1-5-49-33-26-29(39(2,3)4)15-20-32(33)37-42-35(27-11-16-30(40)17-12-27)36(28-13-18-31(41)19-14-28)45(37)38(48)44-23-21-43(22-24-44)34(47)10-8-6-7-9-25-46/h11-20,25-26,35-36H,5-10,21-24H2,1-4H3. The van der Waals surface area contributed by atoms with E-state index in [2.05, 4.69) is 32.9 Å². The number of hydrogen-bond donors (Lipinski definition) is 0. The van der Waals surface area contributed by atoms with Crippen LogP contribution in [0, 0.1) is 0 Å². The van der Waals surface area contributed by atoms with Crippen LogP contribution in [0.25, 0.3) is 0 Å². The fourth-order valence-corrected chi connectivity index (χ4v) is 6.69. The number of carbonyl (C=O) groups excluding carboxylic acids is 3. The highest BCUT2D eigenvalue weighted by molar-refractivity contribution is 6.30. The highest BCUT2D eigenvalue weighted by Gasteiger charge is 2.45. The van der Waals surface area contributed by atoms with E-state index in [1.807, 2.05) is 76.2 Å². The molecule has 3 amide bonds. The molecule has 260 valence electrons. The summed E-state index contributed by atoms with van der Waals surface area (Å²) in [5, 5.41) is 1.22. The van der Waals surface area contributed by atoms with Crippen LogP contribution in [0.4, 0.5) is 4.79 Å². The van der Waals surface area contributed by atoms with Gasteiger partial charge < -0.3 is 19.3 Å². The van der Waals surface area contributed by atoms with Crippen molar-refractivity contribution in [1.82, 2.24) is 14.7 Å².